The summed E-state index contributed by atoms with van der Waals surface area (Å²) in [6.07, 6.45) is 1.52. The number of carbonyl (C=O) groups excluding carboxylic acids is 1. The lowest BCUT2D eigenvalue weighted by atomic mass is 10.1. The summed E-state index contributed by atoms with van der Waals surface area (Å²) in [5.41, 5.74) is 6.33. The molecule has 2 N–H and O–H groups in total. The van der Waals surface area contributed by atoms with Crippen molar-refractivity contribution in [2.75, 3.05) is 11.4 Å². The molecule has 1 fully saturated rings. The van der Waals surface area contributed by atoms with E-state index in [1.165, 1.54) is 6.07 Å². The van der Waals surface area contributed by atoms with Gasteiger partial charge in [0.25, 0.3) is 5.69 Å². The fourth-order valence-corrected chi connectivity index (χ4v) is 2.89. The van der Waals surface area contributed by atoms with E-state index in [-0.39, 0.29) is 5.69 Å². The average molecular weight is 312 g/mol. The number of pyridine rings is 1. The Hall–Kier alpha value is -2.96. The number of hydrogen-bond acceptors (Lipinski definition) is 5. The second-order valence-electron chi connectivity index (χ2n) is 5.41. The first-order valence-corrected chi connectivity index (χ1v) is 7.35. The minimum Gasteiger partial charge on any atom is -0.368 e. The van der Waals surface area contributed by atoms with Gasteiger partial charge < -0.3 is 10.6 Å². The third kappa shape index (κ3) is 2.85. The SMILES string of the molecule is NC(=O)C1CCCN1c1ccc([N+](=O)[O-])c(-c2ccccc2)n1. The van der Waals surface area contributed by atoms with Crippen LogP contribution >= 0.6 is 0 Å². The second-order valence-corrected chi connectivity index (χ2v) is 5.41. The fourth-order valence-electron chi connectivity index (χ4n) is 2.89. The Labute approximate surface area is 132 Å². The maximum atomic E-state index is 11.6. The van der Waals surface area contributed by atoms with Crippen LogP contribution in [0.25, 0.3) is 11.3 Å². The van der Waals surface area contributed by atoms with Crippen LogP contribution in [0.2, 0.25) is 0 Å². The fraction of sp³-hybridized carbons (Fsp3) is 0.250. The van der Waals surface area contributed by atoms with E-state index in [2.05, 4.69) is 4.98 Å². The number of benzene rings is 1. The molecule has 0 saturated carbocycles. The molecule has 1 atom stereocenters. The summed E-state index contributed by atoms with van der Waals surface area (Å²) in [6, 6.07) is 11.6. The van der Waals surface area contributed by atoms with Gasteiger partial charge in [-0.2, -0.15) is 0 Å². The Kier molecular flexibility index (Phi) is 3.92. The summed E-state index contributed by atoms with van der Waals surface area (Å²) in [5.74, 6) is 0.139. The van der Waals surface area contributed by atoms with Gasteiger partial charge in [-0.1, -0.05) is 30.3 Å². The third-order valence-electron chi connectivity index (χ3n) is 3.98. The largest absolute Gasteiger partial charge is 0.368 e. The van der Waals surface area contributed by atoms with E-state index >= 15 is 0 Å². The summed E-state index contributed by atoms with van der Waals surface area (Å²) in [5, 5.41) is 11.3. The number of carbonyl (C=O) groups is 1. The molecule has 1 amide bonds. The van der Waals surface area contributed by atoms with Crippen molar-refractivity contribution in [3.8, 4) is 11.3 Å². The molecule has 0 radical (unpaired) electrons. The highest BCUT2D eigenvalue weighted by Crippen LogP contribution is 2.32. The summed E-state index contributed by atoms with van der Waals surface area (Å²) in [7, 11) is 0. The highest BCUT2D eigenvalue weighted by molar-refractivity contribution is 5.84. The maximum absolute atomic E-state index is 11.6. The number of amides is 1. The zero-order valence-electron chi connectivity index (χ0n) is 12.4. The lowest BCUT2D eigenvalue weighted by Crippen LogP contribution is -2.40. The topological polar surface area (TPSA) is 102 Å². The van der Waals surface area contributed by atoms with Gasteiger partial charge in [0.05, 0.1) is 4.92 Å². The number of nitrogens with two attached hydrogens (primary N) is 1. The summed E-state index contributed by atoms with van der Waals surface area (Å²) < 4.78 is 0. The molecule has 1 aliphatic heterocycles. The first-order valence-electron chi connectivity index (χ1n) is 7.35. The second kappa shape index (κ2) is 6.04. The number of primary amides is 1. The van der Waals surface area contributed by atoms with Gasteiger partial charge in [-0.3, -0.25) is 14.9 Å². The highest BCUT2D eigenvalue weighted by Gasteiger charge is 2.31. The minimum atomic E-state index is -0.450. The first kappa shape index (κ1) is 15.0. The Bertz CT molecular complexity index is 748. The Morgan fingerprint density at radius 3 is 2.65 bits per heavy atom. The molecule has 1 aliphatic rings. The van der Waals surface area contributed by atoms with Crippen LogP contribution in [-0.4, -0.2) is 28.4 Å². The smallest absolute Gasteiger partial charge is 0.295 e. The molecule has 1 aromatic heterocycles. The first-order chi connectivity index (χ1) is 11.1. The van der Waals surface area contributed by atoms with E-state index in [9.17, 15) is 14.9 Å². The van der Waals surface area contributed by atoms with Crippen LogP contribution in [0.4, 0.5) is 11.5 Å². The minimum absolute atomic E-state index is 0.0604. The monoisotopic (exact) mass is 312 g/mol. The van der Waals surface area contributed by atoms with Gasteiger partial charge in [0.2, 0.25) is 5.91 Å². The number of anilines is 1. The number of nitro groups is 1. The van der Waals surface area contributed by atoms with Crippen molar-refractivity contribution < 1.29 is 9.72 Å². The molecular weight excluding hydrogens is 296 g/mol. The van der Waals surface area contributed by atoms with Crippen LogP contribution in [0.15, 0.2) is 42.5 Å². The normalized spacial score (nSPS) is 17.2. The van der Waals surface area contributed by atoms with Crippen molar-refractivity contribution in [2.24, 2.45) is 5.73 Å². The van der Waals surface area contributed by atoms with Gasteiger partial charge in [-0.25, -0.2) is 4.98 Å². The van der Waals surface area contributed by atoms with Crippen LogP contribution in [0.5, 0.6) is 0 Å². The van der Waals surface area contributed by atoms with Crippen molar-refractivity contribution in [1.29, 1.82) is 0 Å². The van der Waals surface area contributed by atoms with Gasteiger partial charge in [-0.15, -0.1) is 0 Å². The zero-order valence-corrected chi connectivity index (χ0v) is 12.4. The van der Waals surface area contributed by atoms with E-state index in [0.29, 0.717) is 30.0 Å². The molecule has 2 heterocycles. The number of hydrogen-bond donors (Lipinski definition) is 1. The standard InChI is InChI=1S/C16H16N4O3/c17-16(21)13-7-4-10-19(13)14-9-8-12(20(22)23)15(18-14)11-5-2-1-3-6-11/h1-3,5-6,8-9,13H,4,7,10H2,(H2,17,21). The van der Waals surface area contributed by atoms with Crippen molar-refractivity contribution in [3.05, 3.63) is 52.6 Å². The molecule has 1 unspecified atom stereocenters. The Morgan fingerprint density at radius 2 is 2.00 bits per heavy atom. The zero-order chi connectivity index (χ0) is 16.4. The van der Waals surface area contributed by atoms with Crippen LogP contribution in [0.1, 0.15) is 12.8 Å². The Balaban J connectivity index is 2.07. The number of nitrogens with zero attached hydrogens (tertiary/aromatic N) is 3. The van der Waals surface area contributed by atoms with Crippen molar-refractivity contribution in [3.63, 3.8) is 0 Å². The molecule has 0 bridgehead atoms. The number of rotatable bonds is 4. The van der Waals surface area contributed by atoms with Gasteiger partial charge >= 0.3 is 0 Å². The maximum Gasteiger partial charge on any atom is 0.295 e. The van der Waals surface area contributed by atoms with Crippen LogP contribution in [-0.2, 0) is 4.79 Å². The molecule has 2 aromatic rings. The van der Waals surface area contributed by atoms with E-state index in [4.69, 9.17) is 5.73 Å². The van der Waals surface area contributed by atoms with Gasteiger partial charge in [0.1, 0.15) is 11.9 Å². The van der Waals surface area contributed by atoms with Crippen molar-refractivity contribution in [2.45, 2.75) is 18.9 Å². The molecule has 7 heteroatoms. The predicted molar refractivity (Wildman–Crippen MR) is 85.9 cm³/mol. The lowest BCUT2D eigenvalue weighted by molar-refractivity contribution is -0.384. The highest BCUT2D eigenvalue weighted by atomic mass is 16.6. The average Bonchev–Trinajstić information content (AvgIpc) is 3.05. The van der Waals surface area contributed by atoms with Crippen LogP contribution in [0.3, 0.4) is 0 Å². The lowest BCUT2D eigenvalue weighted by Gasteiger charge is -2.23. The molecule has 23 heavy (non-hydrogen) atoms. The molecule has 7 nitrogen and oxygen atoms in total. The predicted octanol–water partition coefficient (Wildman–Crippen LogP) is 2.11. The van der Waals surface area contributed by atoms with E-state index in [0.717, 1.165) is 6.42 Å². The van der Waals surface area contributed by atoms with E-state index in [1.54, 1.807) is 30.3 Å². The van der Waals surface area contributed by atoms with Crippen molar-refractivity contribution in [1.82, 2.24) is 4.98 Å². The van der Waals surface area contributed by atoms with Crippen LogP contribution < -0.4 is 10.6 Å². The van der Waals surface area contributed by atoms with E-state index < -0.39 is 16.9 Å². The van der Waals surface area contributed by atoms with Crippen molar-refractivity contribution >= 4 is 17.4 Å². The number of aromatic nitrogens is 1. The molecule has 3 rings (SSSR count). The molecule has 0 aliphatic carbocycles. The van der Waals surface area contributed by atoms with Crippen LogP contribution in [0, 0.1) is 10.1 Å². The molecule has 0 spiro atoms. The van der Waals surface area contributed by atoms with E-state index in [1.807, 2.05) is 11.0 Å². The molecule has 1 saturated heterocycles. The Morgan fingerprint density at radius 1 is 1.26 bits per heavy atom. The molecule has 1 aromatic carbocycles. The molecule has 118 valence electrons. The molecular formula is C16H16N4O3. The van der Waals surface area contributed by atoms with Gasteiger partial charge in [-0.05, 0) is 18.9 Å². The van der Waals surface area contributed by atoms with Gasteiger partial charge in [0, 0.05) is 18.2 Å². The van der Waals surface area contributed by atoms with Gasteiger partial charge in [0.15, 0.2) is 5.69 Å². The summed E-state index contributed by atoms with van der Waals surface area (Å²) >= 11 is 0. The summed E-state index contributed by atoms with van der Waals surface area (Å²) in [4.78, 5) is 28.7. The third-order valence-corrected chi connectivity index (χ3v) is 3.98. The quantitative estimate of drug-likeness (QED) is 0.688. The summed E-state index contributed by atoms with van der Waals surface area (Å²) in [6.45, 7) is 0.659.